The Morgan fingerprint density at radius 3 is 2.50 bits per heavy atom. The highest BCUT2D eigenvalue weighted by Gasteiger charge is 2.09. The van der Waals surface area contributed by atoms with Gasteiger partial charge in [-0.1, -0.05) is 12.1 Å². The van der Waals surface area contributed by atoms with Crippen molar-refractivity contribution in [3.63, 3.8) is 0 Å². The summed E-state index contributed by atoms with van der Waals surface area (Å²) >= 11 is 0. The van der Waals surface area contributed by atoms with E-state index >= 15 is 0 Å². The molecule has 22 heavy (non-hydrogen) atoms. The Kier molecular flexibility index (Phi) is 5.75. The number of benzene rings is 1. The second-order valence-electron chi connectivity index (χ2n) is 6.10. The Labute approximate surface area is 132 Å². The smallest absolute Gasteiger partial charge is 0.257 e. The maximum atomic E-state index is 12.3. The molecule has 4 nitrogen and oxygen atoms in total. The van der Waals surface area contributed by atoms with Gasteiger partial charge in [0.2, 0.25) is 0 Å². The first kappa shape index (κ1) is 16.7. The van der Waals surface area contributed by atoms with Gasteiger partial charge in [-0.3, -0.25) is 4.79 Å². The van der Waals surface area contributed by atoms with Crippen LogP contribution >= 0.6 is 0 Å². The number of quaternary nitrogens is 2. The summed E-state index contributed by atoms with van der Waals surface area (Å²) < 4.78 is 0. The van der Waals surface area contributed by atoms with Crippen LogP contribution in [0.5, 0.6) is 0 Å². The highest BCUT2D eigenvalue weighted by molar-refractivity contribution is 5.85. The highest BCUT2D eigenvalue weighted by atomic mass is 16.1. The van der Waals surface area contributed by atoms with Gasteiger partial charge in [0.15, 0.2) is 0 Å². The maximum absolute atomic E-state index is 12.3. The second-order valence-corrected chi connectivity index (χ2v) is 6.10. The van der Waals surface area contributed by atoms with Crippen LogP contribution < -0.4 is 15.8 Å². The van der Waals surface area contributed by atoms with E-state index in [1.54, 1.807) is 4.90 Å². The molecule has 2 aromatic rings. The molecule has 120 valence electrons. The van der Waals surface area contributed by atoms with Crippen LogP contribution in [-0.2, 0) is 6.54 Å². The van der Waals surface area contributed by atoms with Gasteiger partial charge in [0, 0.05) is 5.39 Å². The van der Waals surface area contributed by atoms with Crippen molar-refractivity contribution in [3.05, 3.63) is 45.2 Å². The van der Waals surface area contributed by atoms with Crippen LogP contribution in [0.25, 0.3) is 10.9 Å². The maximum Gasteiger partial charge on any atom is 0.257 e. The van der Waals surface area contributed by atoms with Crippen LogP contribution in [0.1, 0.15) is 30.5 Å². The zero-order valence-electron chi connectivity index (χ0n) is 14.3. The predicted octanol–water partition coefficient (Wildman–Crippen LogP) is 0.133. The molecule has 2 rings (SSSR count). The zero-order chi connectivity index (χ0) is 16.1. The molecule has 0 aliphatic heterocycles. The average molecular weight is 303 g/mol. The van der Waals surface area contributed by atoms with E-state index in [2.05, 4.69) is 49.3 Å². The fourth-order valence-corrected chi connectivity index (χ4v) is 2.94. The molecule has 1 aromatic heterocycles. The Morgan fingerprint density at radius 1 is 1.14 bits per heavy atom. The number of aromatic nitrogens is 1. The van der Waals surface area contributed by atoms with Gasteiger partial charge < -0.3 is 15.2 Å². The molecule has 4 heteroatoms. The molecule has 1 heterocycles. The Balaban J connectivity index is 2.10. The first-order valence-electron chi connectivity index (χ1n) is 8.34. The fraction of sp³-hybridized carbons (Fsp3) is 0.500. The lowest BCUT2D eigenvalue weighted by Gasteiger charge is -2.14. The van der Waals surface area contributed by atoms with Crippen molar-refractivity contribution in [2.24, 2.45) is 0 Å². The van der Waals surface area contributed by atoms with Crippen LogP contribution in [0.15, 0.2) is 23.0 Å². The SMILES string of the molecule is CC[NH+](CC)CC[NH2+]Cc1cc2c(C)ccc(C)c2[nH]c1=O. The molecule has 0 spiro atoms. The summed E-state index contributed by atoms with van der Waals surface area (Å²) in [4.78, 5) is 16.9. The monoisotopic (exact) mass is 303 g/mol. The van der Waals surface area contributed by atoms with Gasteiger partial charge in [-0.15, -0.1) is 0 Å². The van der Waals surface area contributed by atoms with E-state index in [1.807, 2.05) is 6.92 Å². The summed E-state index contributed by atoms with van der Waals surface area (Å²) in [6.45, 7) is 13.9. The van der Waals surface area contributed by atoms with Crippen LogP contribution in [0.2, 0.25) is 0 Å². The standard InChI is InChI=1S/C18H27N3O/c1-5-21(6-2)10-9-19-12-15-11-16-13(3)7-8-14(4)17(16)20-18(15)22/h7-8,11,19H,5-6,9-10,12H2,1-4H3,(H,20,22)/p+2. The number of likely N-dealkylation sites (N-methyl/N-ethyl adjacent to an activating group) is 1. The van der Waals surface area contributed by atoms with Crippen molar-refractivity contribution in [1.29, 1.82) is 0 Å². The van der Waals surface area contributed by atoms with E-state index in [0.717, 1.165) is 41.7 Å². The van der Waals surface area contributed by atoms with Crippen LogP contribution in [0.3, 0.4) is 0 Å². The number of nitrogens with one attached hydrogen (secondary N) is 2. The molecular weight excluding hydrogens is 274 g/mol. The van der Waals surface area contributed by atoms with Gasteiger partial charge in [0.25, 0.3) is 5.56 Å². The normalized spacial score (nSPS) is 11.5. The first-order valence-corrected chi connectivity index (χ1v) is 8.34. The molecule has 0 aliphatic rings. The summed E-state index contributed by atoms with van der Waals surface area (Å²) in [5, 5.41) is 3.41. The second kappa shape index (κ2) is 7.56. The third kappa shape index (κ3) is 3.76. The van der Waals surface area contributed by atoms with E-state index in [-0.39, 0.29) is 5.56 Å². The third-order valence-electron chi connectivity index (χ3n) is 4.59. The quantitative estimate of drug-likeness (QED) is 0.626. The van der Waals surface area contributed by atoms with E-state index in [1.165, 1.54) is 18.7 Å². The number of hydrogen-bond donors (Lipinski definition) is 3. The van der Waals surface area contributed by atoms with Crippen molar-refractivity contribution in [1.82, 2.24) is 4.98 Å². The van der Waals surface area contributed by atoms with Gasteiger partial charge in [-0.25, -0.2) is 0 Å². The number of fused-ring (bicyclic) bond motifs is 1. The number of hydrogen-bond acceptors (Lipinski definition) is 1. The van der Waals surface area contributed by atoms with Crippen molar-refractivity contribution in [2.45, 2.75) is 34.2 Å². The molecule has 1 aromatic carbocycles. The van der Waals surface area contributed by atoms with Crippen molar-refractivity contribution < 1.29 is 10.2 Å². The molecule has 0 fully saturated rings. The minimum absolute atomic E-state index is 0.0487. The molecule has 0 unspecified atom stereocenters. The Morgan fingerprint density at radius 2 is 1.82 bits per heavy atom. The lowest BCUT2D eigenvalue weighted by Crippen LogP contribution is -3.14. The predicted molar refractivity (Wildman–Crippen MR) is 91.5 cm³/mol. The third-order valence-corrected chi connectivity index (χ3v) is 4.59. The summed E-state index contributed by atoms with van der Waals surface area (Å²) in [5.41, 5.74) is 4.23. The van der Waals surface area contributed by atoms with Gasteiger partial charge in [0.1, 0.15) is 19.6 Å². The largest absolute Gasteiger partial charge is 0.338 e. The topological polar surface area (TPSA) is 53.9 Å². The van der Waals surface area contributed by atoms with Gasteiger partial charge >= 0.3 is 0 Å². The molecule has 4 N–H and O–H groups in total. The molecule has 0 amide bonds. The van der Waals surface area contributed by atoms with Crippen LogP contribution in [0, 0.1) is 13.8 Å². The lowest BCUT2D eigenvalue weighted by molar-refractivity contribution is -0.910. The average Bonchev–Trinajstić information content (AvgIpc) is 2.52. The summed E-state index contributed by atoms with van der Waals surface area (Å²) in [5.74, 6) is 0. The lowest BCUT2D eigenvalue weighted by atomic mass is 10.0. The number of aromatic amines is 1. The van der Waals surface area contributed by atoms with Gasteiger partial charge in [0.05, 0.1) is 24.2 Å². The highest BCUT2D eigenvalue weighted by Crippen LogP contribution is 2.19. The molecule has 0 saturated carbocycles. The van der Waals surface area contributed by atoms with E-state index in [0.29, 0.717) is 0 Å². The van der Waals surface area contributed by atoms with E-state index in [9.17, 15) is 4.79 Å². The molecule has 0 saturated heterocycles. The number of nitrogens with two attached hydrogens (primary N) is 1. The molecule has 0 aliphatic carbocycles. The minimum atomic E-state index is 0.0487. The van der Waals surface area contributed by atoms with Crippen LogP contribution in [0.4, 0.5) is 0 Å². The minimum Gasteiger partial charge on any atom is -0.338 e. The number of aryl methyl sites for hydroxylation is 2. The zero-order valence-corrected chi connectivity index (χ0v) is 14.3. The molecule has 0 bridgehead atoms. The van der Waals surface area contributed by atoms with Gasteiger partial charge in [-0.05, 0) is 44.9 Å². The summed E-state index contributed by atoms with van der Waals surface area (Å²) in [6, 6.07) is 6.25. The molecule has 0 atom stereocenters. The molecular formula is C18H29N3O+2. The first-order chi connectivity index (χ1) is 10.6. The van der Waals surface area contributed by atoms with E-state index < -0.39 is 0 Å². The summed E-state index contributed by atoms with van der Waals surface area (Å²) in [6.07, 6.45) is 0. The van der Waals surface area contributed by atoms with E-state index in [4.69, 9.17) is 0 Å². The Hall–Kier alpha value is -1.65. The summed E-state index contributed by atoms with van der Waals surface area (Å²) in [7, 11) is 0. The van der Waals surface area contributed by atoms with Gasteiger partial charge in [-0.2, -0.15) is 0 Å². The van der Waals surface area contributed by atoms with Crippen LogP contribution in [-0.4, -0.2) is 31.2 Å². The number of rotatable bonds is 7. The Bertz CT molecular complexity index is 687. The van der Waals surface area contributed by atoms with Crippen molar-refractivity contribution >= 4 is 10.9 Å². The number of pyridine rings is 1. The van der Waals surface area contributed by atoms with Crippen molar-refractivity contribution in [2.75, 3.05) is 26.2 Å². The molecule has 0 radical (unpaired) electrons. The van der Waals surface area contributed by atoms with Crippen molar-refractivity contribution in [3.8, 4) is 0 Å². The number of H-pyrrole nitrogens is 1. The fourth-order valence-electron chi connectivity index (χ4n) is 2.94.